The maximum Gasteiger partial charge on any atom is 0.311 e. The molecule has 17 heteroatoms. The highest BCUT2D eigenvalue weighted by Crippen LogP contribution is 2.41. The highest BCUT2D eigenvalue weighted by Gasteiger charge is 2.54. The molecule has 0 aromatic carbocycles. The molecule has 3 saturated heterocycles. The highest BCUT2D eigenvalue weighted by molar-refractivity contribution is 5.83. The van der Waals surface area contributed by atoms with Crippen LogP contribution in [0.4, 0.5) is 0 Å². The van der Waals surface area contributed by atoms with Crippen LogP contribution in [0.1, 0.15) is 115 Å². The molecule has 17 nitrogen and oxygen atoms in total. The van der Waals surface area contributed by atoms with Crippen molar-refractivity contribution in [2.24, 2.45) is 23.7 Å². The third-order valence-corrected chi connectivity index (χ3v) is 12.9. The fourth-order valence-corrected chi connectivity index (χ4v) is 9.17. The van der Waals surface area contributed by atoms with E-state index < -0.39 is 132 Å². The predicted molar refractivity (Wildman–Crippen MR) is 216 cm³/mol. The molecule has 3 fully saturated rings. The molecule has 3 aliphatic rings. The Morgan fingerprint density at radius 3 is 2.03 bits per heavy atom. The van der Waals surface area contributed by atoms with E-state index in [1.807, 2.05) is 25.9 Å². The second-order valence-electron chi connectivity index (χ2n) is 18.2. The number of carbonyl (C=O) groups is 4. The van der Waals surface area contributed by atoms with Gasteiger partial charge in [0.1, 0.15) is 23.6 Å². The lowest BCUT2D eigenvalue weighted by Gasteiger charge is -2.49. The molecule has 0 amide bonds. The number of nitrogens with zero attached hydrogens (tertiary/aromatic N) is 1. The summed E-state index contributed by atoms with van der Waals surface area (Å²) in [4.78, 5) is 55.6. The number of likely N-dealkylation sites (N-methyl/N-ethyl adjacent to an activating group) is 1. The van der Waals surface area contributed by atoms with E-state index in [2.05, 4.69) is 0 Å². The summed E-state index contributed by atoms with van der Waals surface area (Å²) in [5.74, 6) is -6.64. The number of aliphatic hydroxyl groups is 4. The molecule has 0 saturated carbocycles. The highest BCUT2D eigenvalue weighted by atomic mass is 16.7. The molecule has 348 valence electrons. The van der Waals surface area contributed by atoms with E-state index in [9.17, 15) is 39.6 Å². The molecule has 3 heterocycles. The van der Waals surface area contributed by atoms with Gasteiger partial charge in [0.25, 0.3) is 0 Å². The zero-order valence-electron chi connectivity index (χ0n) is 38.2. The SMILES string of the molecule is CCOC(=O)CCC(=O)O[C@@H]1[C@@H](O[C@@H]2[C@@H](C)[C@H](O[C@@H]3C[C@](C)(OC)[C@H](O)[C@@H](C)O3)[C@@H](C)C(=O)O[C@H](CC)[C@@](C)(O)[C@H](O)[C@@H](C)C(=O)[C@H](C)C[C@@]2(C)O)O[C@@H](C)C[C@H]1N(C)C. The number of methoxy groups -OCH3 is 1. The minimum absolute atomic E-state index is 0.0431. The molecule has 4 N–H and O–H groups in total. The fraction of sp³-hybridized carbons (Fsp3) is 0.907. The Hall–Kier alpha value is -2.32. The summed E-state index contributed by atoms with van der Waals surface area (Å²) in [7, 11) is 5.09. The topological polar surface area (TPSA) is 226 Å². The van der Waals surface area contributed by atoms with Crippen molar-refractivity contribution in [1.29, 1.82) is 0 Å². The van der Waals surface area contributed by atoms with E-state index in [1.54, 1.807) is 48.5 Å². The first-order valence-corrected chi connectivity index (χ1v) is 21.5. The summed E-state index contributed by atoms with van der Waals surface area (Å²) in [5.41, 5.74) is -5.06. The number of Topliss-reactive ketones (excluding diaryl/α,β-unsaturated/α-hetero) is 1. The average Bonchev–Trinajstić information content (AvgIpc) is 3.17. The zero-order chi connectivity index (χ0) is 45.7. The summed E-state index contributed by atoms with van der Waals surface area (Å²) >= 11 is 0. The van der Waals surface area contributed by atoms with E-state index in [-0.39, 0.29) is 38.7 Å². The van der Waals surface area contributed by atoms with E-state index >= 15 is 0 Å². The van der Waals surface area contributed by atoms with Crippen LogP contribution in [0.2, 0.25) is 0 Å². The summed E-state index contributed by atoms with van der Waals surface area (Å²) in [6.45, 7) is 17.9. The van der Waals surface area contributed by atoms with Crippen LogP contribution in [-0.4, -0.2) is 161 Å². The molecular weight excluding hydrogens is 786 g/mol. The monoisotopic (exact) mass is 862 g/mol. The van der Waals surface area contributed by atoms with Crippen molar-refractivity contribution in [3.05, 3.63) is 0 Å². The fourth-order valence-electron chi connectivity index (χ4n) is 9.17. The maximum atomic E-state index is 14.3. The van der Waals surface area contributed by atoms with Crippen molar-refractivity contribution in [2.75, 3.05) is 27.8 Å². The number of rotatable bonds is 12. The van der Waals surface area contributed by atoms with Gasteiger partial charge in [-0.1, -0.05) is 27.7 Å². The Morgan fingerprint density at radius 1 is 0.850 bits per heavy atom. The number of cyclic esters (lactones) is 1. The molecule has 0 aliphatic carbocycles. The normalized spacial score (nSPS) is 43.8. The Kier molecular flexibility index (Phi) is 18.5. The Balaban J connectivity index is 2.22. The van der Waals surface area contributed by atoms with Crippen molar-refractivity contribution in [3.63, 3.8) is 0 Å². The molecule has 0 spiro atoms. The van der Waals surface area contributed by atoms with Crippen LogP contribution >= 0.6 is 0 Å². The van der Waals surface area contributed by atoms with Crippen LogP contribution in [0.25, 0.3) is 0 Å². The minimum atomic E-state index is -2.04. The second-order valence-corrected chi connectivity index (χ2v) is 18.2. The molecule has 0 bridgehead atoms. The Morgan fingerprint density at radius 2 is 1.47 bits per heavy atom. The Labute approximate surface area is 356 Å². The quantitative estimate of drug-likeness (QED) is 0.163. The van der Waals surface area contributed by atoms with Gasteiger partial charge in [0.2, 0.25) is 0 Å². The molecule has 3 rings (SSSR count). The summed E-state index contributed by atoms with van der Waals surface area (Å²) in [5, 5.41) is 46.8. The first-order valence-electron chi connectivity index (χ1n) is 21.5. The minimum Gasteiger partial charge on any atom is -0.466 e. The molecule has 0 radical (unpaired) electrons. The van der Waals surface area contributed by atoms with Crippen LogP contribution in [0.15, 0.2) is 0 Å². The van der Waals surface area contributed by atoms with Crippen LogP contribution in [-0.2, 0) is 57.1 Å². The lowest BCUT2D eigenvalue weighted by molar-refractivity contribution is -0.319. The van der Waals surface area contributed by atoms with Crippen LogP contribution in [0.5, 0.6) is 0 Å². The smallest absolute Gasteiger partial charge is 0.311 e. The second kappa shape index (κ2) is 21.4. The Bertz CT molecular complexity index is 1440. The average molecular weight is 862 g/mol. The lowest BCUT2D eigenvalue weighted by Crippen LogP contribution is -2.61. The van der Waals surface area contributed by atoms with Crippen molar-refractivity contribution in [3.8, 4) is 0 Å². The summed E-state index contributed by atoms with van der Waals surface area (Å²) in [6, 6.07) is -0.443. The molecule has 60 heavy (non-hydrogen) atoms. The van der Waals surface area contributed by atoms with Gasteiger partial charge < -0.3 is 63.2 Å². The molecule has 0 unspecified atom stereocenters. The van der Waals surface area contributed by atoms with Crippen molar-refractivity contribution >= 4 is 23.7 Å². The maximum absolute atomic E-state index is 14.3. The lowest BCUT2D eigenvalue weighted by atomic mass is 9.74. The van der Waals surface area contributed by atoms with Gasteiger partial charge in [0.15, 0.2) is 18.7 Å². The predicted octanol–water partition coefficient (Wildman–Crippen LogP) is 2.68. The van der Waals surface area contributed by atoms with Crippen LogP contribution in [0, 0.1) is 23.7 Å². The number of ketones is 1. The van der Waals surface area contributed by atoms with Gasteiger partial charge in [0, 0.05) is 31.3 Å². The summed E-state index contributed by atoms with van der Waals surface area (Å²) < 4.78 is 48.8. The first-order chi connectivity index (χ1) is 27.8. The van der Waals surface area contributed by atoms with Crippen molar-refractivity contribution in [1.82, 2.24) is 4.90 Å². The zero-order valence-corrected chi connectivity index (χ0v) is 38.2. The van der Waals surface area contributed by atoms with E-state index in [4.69, 9.17) is 37.9 Å². The number of aliphatic hydroxyl groups excluding tert-OH is 2. The number of ether oxygens (including phenoxy) is 8. The molecular formula is C43H75NO16. The largest absolute Gasteiger partial charge is 0.466 e. The van der Waals surface area contributed by atoms with E-state index in [0.717, 1.165) is 0 Å². The van der Waals surface area contributed by atoms with Gasteiger partial charge in [-0.3, -0.25) is 19.2 Å². The molecule has 0 aromatic rings. The van der Waals surface area contributed by atoms with Gasteiger partial charge in [-0.25, -0.2) is 0 Å². The van der Waals surface area contributed by atoms with Gasteiger partial charge in [-0.15, -0.1) is 0 Å². The first kappa shape index (κ1) is 52.0. The molecule has 0 aromatic heterocycles. The number of carbonyl (C=O) groups excluding carboxylic acids is 4. The standard InChI is InChI=1S/C43H75NO16/c1-15-29-43(11,52)36(48)24(5)33(47)22(3)20-41(9,51)38(25(6)34(26(7)39(50)57-29)59-32-21-42(10,53-14)37(49)27(8)56-32)60-40-35(28(44(12)13)19-23(4)55-40)58-31(46)18-17-30(45)54-16-2/h22-29,32,34-38,40,48-49,51-52H,15-21H2,1-14H3/t22-,23+,24+,25+,26-,27-,28-,29-,32-,34+,35+,36-,37-,38-,40-,41-,42+,43-/m1/s1. The molecule has 3 aliphatic heterocycles. The third-order valence-electron chi connectivity index (χ3n) is 12.9. The van der Waals surface area contributed by atoms with Crippen LogP contribution < -0.4 is 0 Å². The number of hydrogen-bond acceptors (Lipinski definition) is 17. The van der Waals surface area contributed by atoms with Crippen molar-refractivity contribution in [2.45, 2.75) is 199 Å². The van der Waals surface area contributed by atoms with Gasteiger partial charge in [-0.2, -0.15) is 0 Å². The van der Waals surface area contributed by atoms with E-state index in [1.165, 1.54) is 27.9 Å². The van der Waals surface area contributed by atoms with Gasteiger partial charge >= 0.3 is 17.9 Å². The van der Waals surface area contributed by atoms with Gasteiger partial charge in [-0.05, 0) is 81.8 Å². The third kappa shape index (κ3) is 12.2. The van der Waals surface area contributed by atoms with Gasteiger partial charge in [0.05, 0.1) is 73.1 Å². The molecule has 18 atom stereocenters. The van der Waals surface area contributed by atoms with Crippen molar-refractivity contribution < 1.29 is 77.5 Å². The van der Waals surface area contributed by atoms with E-state index in [0.29, 0.717) is 6.42 Å². The summed E-state index contributed by atoms with van der Waals surface area (Å²) in [6.07, 6.45) is -11.1. The van der Waals surface area contributed by atoms with Crippen LogP contribution in [0.3, 0.4) is 0 Å². The number of esters is 3. The number of hydrogen-bond donors (Lipinski definition) is 4.